The fourth-order valence-corrected chi connectivity index (χ4v) is 1.87. The van der Waals surface area contributed by atoms with Gasteiger partial charge in [0, 0.05) is 32.2 Å². The van der Waals surface area contributed by atoms with E-state index in [0.717, 1.165) is 12.1 Å². The molecule has 1 fully saturated rings. The van der Waals surface area contributed by atoms with Gasteiger partial charge in [-0.25, -0.2) is 4.79 Å². The molecule has 1 saturated heterocycles. The van der Waals surface area contributed by atoms with Gasteiger partial charge in [0.2, 0.25) is 5.82 Å². The standard InChI is InChI=1S/C12H14FN3O4/c13-10-7-9(1-2-11(10)16(18)19)8-20-12(17)15-5-3-14-4-6-15/h1-2,7,14H,3-6,8H2. The number of halogens is 1. The molecular weight excluding hydrogens is 269 g/mol. The first-order valence-electron chi connectivity index (χ1n) is 6.13. The third-order valence-electron chi connectivity index (χ3n) is 2.95. The summed E-state index contributed by atoms with van der Waals surface area (Å²) in [7, 11) is 0. The van der Waals surface area contributed by atoms with Crippen LogP contribution in [0.3, 0.4) is 0 Å². The van der Waals surface area contributed by atoms with Crippen LogP contribution in [0.1, 0.15) is 5.56 Å². The molecule has 2 rings (SSSR count). The van der Waals surface area contributed by atoms with E-state index in [1.54, 1.807) is 4.90 Å². The van der Waals surface area contributed by atoms with Crippen molar-refractivity contribution < 1.29 is 18.8 Å². The highest BCUT2D eigenvalue weighted by molar-refractivity contribution is 5.67. The molecule has 0 unspecified atom stereocenters. The highest BCUT2D eigenvalue weighted by atomic mass is 19.1. The number of nitrogens with zero attached hydrogens (tertiary/aromatic N) is 2. The first-order chi connectivity index (χ1) is 9.58. The minimum atomic E-state index is -0.939. The van der Waals surface area contributed by atoms with Gasteiger partial charge in [-0.2, -0.15) is 4.39 Å². The van der Waals surface area contributed by atoms with Crippen molar-refractivity contribution in [1.29, 1.82) is 0 Å². The summed E-state index contributed by atoms with van der Waals surface area (Å²) >= 11 is 0. The highest BCUT2D eigenvalue weighted by Crippen LogP contribution is 2.18. The van der Waals surface area contributed by atoms with E-state index in [-0.39, 0.29) is 6.61 Å². The molecule has 0 saturated carbocycles. The average Bonchev–Trinajstić information content (AvgIpc) is 2.45. The molecule has 1 heterocycles. The summed E-state index contributed by atoms with van der Waals surface area (Å²) in [4.78, 5) is 22.9. The van der Waals surface area contributed by atoms with Gasteiger partial charge in [0.1, 0.15) is 6.61 Å². The van der Waals surface area contributed by atoms with Crippen molar-refractivity contribution in [3.05, 3.63) is 39.7 Å². The molecule has 1 aromatic carbocycles. The smallest absolute Gasteiger partial charge is 0.410 e. The van der Waals surface area contributed by atoms with Crippen molar-refractivity contribution in [2.45, 2.75) is 6.61 Å². The van der Waals surface area contributed by atoms with Gasteiger partial charge in [-0.1, -0.05) is 0 Å². The Kier molecular flexibility index (Phi) is 4.46. The van der Waals surface area contributed by atoms with Crippen LogP contribution in [-0.2, 0) is 11.3 Å². The maximum atomic E-state index is 13.4. The fourth-order valence-electron chi connectivity index (χ4n) is 1.87. The molecule has 0 bridgehead atoms. The van der Waals surface area contributed by atoms with Crippen LogP contribution in [0, 0.1) is 15.9 Å². The molecule has 20 heavy (non-hydrogen) atoms. The van der Waals surface area contributed by atoms with Crippen LogP contribution in [0.25, 0.3) is 0 Å². The van der Waals surface area contributed by atoms with Crippen LogP contribution >= 0.6 is 0 Å². The Balaban J connectivity index is 1.92. The number of amides is 1. The lowest BCUT2D eigenvalue weighted by atomic mass is 10.2. The lowest BCUT2D eigenvalue weighted by molar-refractivity contribution is -0.387. The molecule has 0 aliphatic carbocycles. The number of benzene rings is 1. The summed E-state index contributed by atoms with van der Waals surface area (Å²) in [6.07, 6.45) is -0.467. The molecule has 1 aliphatic rings. The normalized spacial score (nSPS) is 14.9. The summed E-state index contributed by atoms with van der Waals surface area (Å²) in [6.45, 7) is 2.43. The van der Waals surface area contributed by atoms with Gasteiger partial charge in [0.05, 0.1) is 4.92 Å². The maximum Gasteiger partial charge on any atom is 0.410 e. The second kappa shape index (κ2) is 6.29. The number of rotatable bonds is 3. The molecule has 0 radical (unpaired) electrons. The predicted octanol–water partition coefficient (Wildman–Crippen LogP) is 1.28. The van der Waals surface area contributed by atoms with Crippen LogP contribution in [0.4, 0.5) is 14.9 Å². The van der Waals surface area contributed by atoms with Gasteiger partial charge in [0.15, 0.2) is 0 Å². The topological polar surface area (TPSA) is 84.7 Å². The van der Waals surface area contributed by atoms with Gasteiger partial charge < -0.3 is 15.0 Å². The van der Waals surface area contributed by atoms with Crippen molar-refractivity contribution in [3.8, 4) is 0 Å². The Labute approximate surface area is 114 Å². The molecule has 8 heteroatoms. The predicted molar refractivity (Wildman–Crippen MR) is 67.7 cm³/mol. The number of nitro groups is 1. The molecule has 108 valence electrons. The SMILES string of the molecule is O=C(OCc1ccc([N+](=O)[O-])c(F)c1)N1CCNCC1. The number of carbonyl (C=O) groups is 1. The molecule has 1 amide bonds. The Morgan fingerprint density at radius 2 is 2.15 bits per heavy atom. The van der Waals surface area contributed by atoms with Gasteiger partial charge in [-0.3, -0.25) is 10.1 Å². The van der Waals surface area contributed by atoms with Crippen LogP contribution in [0.5, 0.6) is 0 Å². The van der Waals surface area contributed by atoms with Crippen molar-refractivity contribution in [1.82, 2.24) is 10.2 Å². The first-order valence-corrected chi connectivity index (χ1v) is 6.13. The summed E-state index contributed by atoms with van der Waals surface area (Å²) in [6, 6.07) is 3.43. The Morgan fingerprint density at radius 1 is 1.45 bits per heavy atom. The molecule has 0 atom stereocenters. The molecule has 0 aromatic heterocycles. The van der Waals surface area contributed by atoms with E-state index in [9.17, 15) is 19.3 Å². The number of piperazine rings is 1. The second-order valence-electron chi connectivity index (χ2n) is 4.33. The van der Waals surface area contributed by atoms with E-state index in [0.29, 0.717) is 31.7 Å². The largest absolute Gasteiger partial charge is 0.445 e. The Bertz CT molecular complexity index is 517. The van der Waals surface area contributed by atoms with E-state index in [2.05, 4.69) is 5.32 Å². The zero-order valence-corrected chi connectivity index (χ0v) is 10.7. The van der Waals surface area contributed by atoms with E-state index in [4.69, 9.17) is 4.74 Å². The van der Waals surface area contributed by atoms with E-state index >= 15 is 0 Å². The van der Waals surface area contributed by atoms with Gasteiger partial charge in [-0.15, -0.1) is 0 Å². The lowest BCUT2D eigenvalue weighted by Crippen LogP contribution is -2.46. The summed E-state index contributed by atoms with van der Waals surface area (Å²) in [5.74, 6) is -0.939. The van der Waals surface area contributed by atoms with Crippen molar-refractivity contribution in [3.63, 3.8) is 0 Å². The molecule has 0 spiro atoms. The summed E-state index contributed by atoms with van der Waals surface area (Å²) in [5, 5.41) is 13.6. The number of hydrogen-bond acceptors (Lipinski definition) is 5. The zero-order valence-electron chi connectivity index (χ0n) is 10.7. The Hall–Kier alpha value is -2.22. The second-order valence-corrected chi connectivity index (χ2v) is 4.33. The number of carbonyl (C=O) groups excluding carboxylic acids is 1. The fraction of sp³-hybridized carbons (Fsp3) is 0.417. The van der Waals surface area contributed by atoms with E-state index < -0.39 is 22.5 Å². The molecular formula is C12H14FN3O4. The van der Waals surface area contributed by atoms with Crippen LogP contribution in [0.15, 0.2) is 18.2 Å². The number of hydrogen-bond donors (Lipinski definition) is 1. The minimum Gasteiger partial charge on any atom is -0.445 e. The molecule has 1 aliphatic heterocycles. The average molecular weight is 283 g/mol. The van der Waals surface area contributed by atoms with Crippen LogP contribution in [-0.4, -0.2) is 42.1 Å². The van der Waals surface area contributed by atoms with Crippen molar-refractivity contribution in [2.75, 3.05) is 26.2 Å². The van der Waals surface area contributed by atoms with E-state index in [1.807, 2.05) is 0 Å². The van der Waals surface area contributed by atoms with Crippen LogP contribution < -0.4 is 5.32 Å². The van der Waals surface area contributed by atoms with Gasteiger partial charge >= 0.3 is 11.8 Å². The van der Waals surface area contributed by atoms with E-state index in [1.165, 1.54) is 6.07 Å². The molecule has 1 N–H and O–H groups in total. The number of nitrogens with one attached hydrogen (secondary N) is 1. The third-order valence-corrected chi connectivity index (χ3v) is 2.95. The Morgan fingerprint density at radius 3 is 2.75 bits per heavy atom. The minimum absolute atomic E-state index is 0.113. The highest BCUT2D eigenvalue weighted by Gasteiger charge is 2.18. The molecule has 7 nitrogen and oxygen atoms in total. The monoisotopic (exact) mass is 283 g/mol. The molecule has 1 aromatic rings. The van der Waals surface area contributed by atoms with Crippen molar-refractivity contribution in [2.24, 2.45) is 0 Å². The lowest BCUT2D eigenvalue weighted by Gasteiger charge is -2.26. The maximum absolute atomic E-state index is 13.4. The zero-order chi connectivity index (χ0) is 14.5. The van der Waals surface area contributed by atoms with Crippen LogP contribution in [0.2, 0.25) is 0 Å². The van der Waals surface area contributed by atoms with Gasteiger partial charge in [0.25, 0.3) is 0 Å². The quantitative estimate of drug-likeness (QED) is 0.667. The number of nitro benzene ring substituents is 1. The number of ether oxygens (including phenoxy) is 1. The summed E-state index contributed by atoms with van der Waals surface area (Å²) in [5.41, 5.74) is -0.223. The third kappa shape index (κ3) is 3.41. The first kappa shape index (κ1) is 14.2. The summed E-state index contributed by atoms with van der Waals surface area (Å²) < 4.78 is 18.4. The van der Waals surface area contributed by atoms with Gasteiger partial charge in [-0.05, 0) is 17.7 Å². The van der Waals surface area contributed by atoms with Crippen molar-refractivity contribution >= 4 is 11.8 Å².